The van der Waals surface area contributed by atoms with E-state index in [1.165, 1.54) is 29.3 Å². The van der Waals surface area contributed by atoms with Crippen LogP contribution < -0.4 is 15.5 Å². The molecular formula is C30H29FN10O3. The van der Waals surface area contributed by atoms with E-state index in [0.717, 1.165) is 11.1 Å². The van der Waals surface area contributed by atoms with Crippen molar-refractivity contribution in [2.24, 2.45) is 7.05 Å². The predicted molar refractivity (Wildman–Crippen MR) is 163 cm³/mol. The monoisotopic (exact) mass is 596 g/mol. The fourth-order valence-corrected chi connectivity index (χ4v) is 4.72. The molecule has 0 spiro atoms. The lowest BCUT2D eigenvalue weighted by molar-refractivity contribution is 0.0822. The molecule has 2 N–H and O–H groups in total. The summed E-state index contributed by atoms with van der Waals surface area (Å²) < 4.78 is 22.5. The molecule has 0 aliphatic carbocycles. The minimum atomic E-state index is -0.671. The highest BCUT2D eigenvalue weighted by atomic mass is 19.1. The zero-order valence-electron chi connectivity index (χ0n) is 24.3. The standard InChI is InChI=1S/C30H29FN10O3/c1-39(2)29(42)24-7-5-21(16-32-24)35-30(43)37-23-6-4-18(12-22(23)31)27-36-25-13-19(20-15-34-40(3)17-20)14-33-26(25)28(38-27)41-8-10-44-11-9-41/h4-7,12-17H,8-11H2,1-3H3,(H2,35,37,43). The predicted octanol–water partition coefficient (Wildman–Crippen LogP) is 3.81. The van der Waals surface area contributed by atoms with Gasteiger partial charge in [-0.3, -0.25) is 14.5 Å². The maximum absolute atomic E-state index is 15.3. The van der Waals surface area contributed by atoms with E-state index in [-0.39, 0.29) is 17.3 Å². The number of ether oxygens (including phenoxy) is 1. The third-order valence-electron chi connectivity index (χ3n) is 6.99. The van der Waals surface area contributed by atoms with E-state index in [2.05, 4.69) is 25.6 Å². The number of hydrogen-bond donors (Lipinski definition) is 2. The molecule has 5 heterocycles. The van der Waals surface area contributed by atoms with Gasteiger partial charge >= 0.3 is 6.03 Å². The summed E-state index contributed by atoms with van der Waals surface area (Å²) in [5, 5.41) is 9.34. The fourth-order valence-electron chi connectivity index (χ4n) is 4.72. The summed E-state index contributed by atoms with van der Waals surface area (Å²) in [5.41, 5.74) is 3.95. The molecule has 224 valence electrons. The molecule has 5 aromatic rings. The first-order valence-electron chi connectivity index (χ1n) is 13.8. The van der Waals surface area contributed by atoms with Crippen LogP contribution in [0.2, 0.25) is 0 Å². The van der Waals surface area contributed by atoms with Crippen molar-refractivity contribution in [3.8, 4) is 22.5 Å². The number of nitrogens with one attached hydrogen (secondary N) is 2. The van der Waals surface area contributed by atoms with E-state index in [1.807, 2.05) is 19.3 Å². The van der Waals surface area contributed by atoms with Crippen LogP contribution in [-0.2, 0) is 11.8 Å². The van der Waals surface area contributed by atoms with Gasteiger partial charge in [0.25, 0.3) is 5.91 Å². The molecule has 0 saturated carbocycles. The highest BCUT2D eigenvalue weighted by Gasteiger charge is 2.21. The molecule has 3 amide bonds. The Kier molecular flexibility index (Phi) is 7.81. The minimum absolute atomic E-state index is 0.0339. The Labute approximate surface area is 251 Å². The molecule has 14 heteroatoms. The van der Waals surface area contributed by atoms with Gasteiger partial charge in [0, 0.05) is 63.3 Å². The minimum Gasteiger partial charge on any atom is -0.378 e. The number of hydrogen-bond acceptors (Lipinski definition) is 9. The lowest BCUT2D eigenvalue weighted by atomic mass is 10.1. The first kappa shape index (κ1) is 28.6. The van der Waals surface area contributed by atoms with Crippen LogP contribution in [0.3, 0.4) is 0 Å². The van der Waals surface area contributed by atoms with Crippen molar-refractivity contribution < 1.29 is 18.7 Å². The van der Waals surface area contributed by atoms with Gasteiger partial charge in [-0.25, -0.2) is 24.1 Å². The van der Waals surface area contributed by atoms with Crippen molar-refractivity contribution in [1.29, 1.82) is 0 Å². The Bertz CT molecular complexity index is 1850. The highest BCUT2D eigenvalue weighted by molar-refractivity contribution is 6.00. The number of halogens is 1. The number of pyridine rings is 2. The molecular weight excluding hydrogens is 567 g/mol. The van der Waals surface area contributed by atoms with Crippen LogP contribution in [0.25, 0.3) is 33.5 Å². The van der Waals surface area contributed by atoms with Crippen LogP contribution in [0.5, 0.6) is 0 Å². The molecule has 1 aliphatic rings. The van der Waals surface area contributed by atoms with Crippen LogP contribution in [0, 0.1) is 5.82 Å². The quantitative estimate of drug-likeness (QED) is 0.299. The Morgan fingerprint density at radius 3 is 2.43 bits per heavy atom. The zero-order valence-corrected chi connectivity index (χ0v) is 24.3. The molecule has 1 fully saturated rings. The van der Waals surface area contributed by atoms with Crippen LogP contribution in [-0.4, -0.2) is 87.0 Å². The van der Waals surface area contributed by atoms with Gasteiger partial charge in [0.05, 0.1) is 42.5 Å². The smallest absolute Gasteiger partial charge is 0.323 e. The number of anilines is 3. The third kappa shape index (κ3) is 6.01. The van der Waals surface area contributed by atoms with Crippen molar-refractivity contribution in [3.63, 3.8) is 0 Å². The number of carbonyl (C=O) groups is 2. The van der Waals surface area contributed by atoms with Gasteiger partial charge in [0.15, 0.2) is 11.6 Å². The van der Waals surface area contributed by atoms with Crippen molar-refractivity contribution in [2.45, 2.75) is 0 Å². The summed E-state index contributed by atoms with van der Waals surface area (Å²) >= 11 is 0. The van der Waals surface area contributed by atoms with Crippen LogP contribution >= 0.6 is 0 Å². The molecule has 13 nitrogen and oxygen atoms in total. The first-order valence-corrected chi connectivity index (χ1v) is 13.8. The third-order valence-corrected chi connectivity index (χ3v) is 6.99. The highest BCUT2D eigenvalue weighted by Crippen LogP contribution is 2.31. The Morgan fingerprint density at radius 2 is 1.75 bits per heavy atom. The van der Waals surface area contributed by atoms with Crippen molar-refractivity contribution >= 4 is 40.2 Å². The number of fused-ring (bicyclic) bond motifs is 1. The number of benzene rings is 1. The first-order chi connectivity index (χ1) is 21.2. The van der Waals surface area contributed by atoms with Crippen LogP contribution in [0.4, 0.5) is 26.4 Å². The van der Waals surface area contributed by atoms with Crippen LogP contribution in [0.15, 0.2) is 61.2 Å². The Morgan fingerprint density at radius 1 is 0.932 bits per heavy atom. The van der Waals surface area contributed by atoms with E-state index in [1.54, 1.807) is 43.3 Å². The number of rotatable bonds is 6. The Hall–Kier alpha value is -5.50. The summed E-state index contributed by atoms with van der Waals surface area (Å²) in [6.45, 7) is 2.38. The number of morpholine rings is 1. The van der Waals surface area contributed by atoms with Crippen molar-refractivity contribution in [2.75, 3.05) is 55.9 Å². The molecule has 6 rings (SSSR count). The van der Waals surface area contributed by atoms with E-state index in [9.17, 15) is 9.59 Å². The van der Waals surface area contributed by atoms with Gasteiger partial charge < -0.3 is 25.2 Å². The van der Waals surface area contributed by atoms with Crippen molar-refractivity contribution in [3.05, 3.63) is 72.7 Å². The fraction of sp³-hybridized carbons (Fsp3) is 0.233. The second-order valence-electron chi connectivity index (χ2n) is 10.4. The average Bonchev–Trinajstić information content (AvgIpc) is 3.47. The summed E-state index contributed by atoms with van der Waals surface area (Å²) in [5.74, 6) is 0.0276. The van der Waals surface area contributed by atoms with E-state index >= 15 is 4.39 Å². The number of nitrogens with zero attached hydrogens (tertiary/aromatic N) is 8. The summed E-state index contributed by atoms with van der Waals surface area (Å²) in [7, 11) is 5.08. The lowest BCUT2D eigenvalue weighted by Gasteiger charge is -2.28. The van der Waals surface area contributed by atoms with E-state index < -0.39 is 11.8 Å². The van der Waals surface area contributed by atoms with Crippen molar-refractivity contribution in [1.82, 2.24) is 34.6 Å². The van der Waals surface area contributed by atoms with Gasteiger partial charge in [-0.05, 0) is 36.4 Å². The largest absolute Gasteiger partial charge is 0.378 e. The maximum Gasteiger partial charge on any atom is 0.323 e. The summed E-state index contributed by atoms with van der Waals surface area (Å²) in [6, 6.07) is 8.66. The van der Waals surface area contributed by atoms with Gasteiger partial charge in [0.2, 0.25) is 0 Å². The van der Waals surface area contributed by atoms with Gasteiger partial charge in [-0.15, -0.1) is 0 Å². The van der Waals surface area contributed by atoms with Gasteiger partial charge in [0.1, 0.15) is 17.0 Å². The Balaban J connectivity index is 1.26. The topological polar surface area (TPSA) is 143 Å². The molecule has 1 saturated heterocycles. The van der Waals surface area contributed by atoms with E-state index in [0.29, 0.717) is 60.2 Å². The molecule has 1 aromatic carbocycles. The number of aryl methyl sites for hydroxylation is 1. The second kappa shape index (κ2) is 12.0. The van der Waals surface area contributed by atoms with Gasteiger partial charge in [-0.1, -0.05) is 0 Å². The molecule has 0 radical (unpaired) electrons. The normalized spacial score (nSPS) is 13.1. The lowest BCUT2D eigenvalue weighted by Crippen LogP contribution is -2.37. The SMILES string of the molecule is CN(C)C(=O)c1ccc(NC(=O)Nc2ccc(-c3nc(N4CCOCC4)c4ncc(-c5cnn(C)c5)cc4n3)cc2F)cn1. The summed E-state index contributed by atoms with van der Waals surface area (Å²) in [6.07, 6.45) is 6.77. The number of urea groups is 1. The molecule has 4 aromatic heterocycles. The zero-order chi connectivity index (χ0) is 30.8. The molecule has 44 heavy (non-hydrogen) atoms. The number of carbonyl (C=O) groups excluding carboxylic acids is 2. The van der Waals surface area contributed by atoms with Crippen LogP contribution in [0.1, 0.15) is 10.5 Å². The molecule has 0 unspecified atom stereocenters. The molecule has 1 aliphatic heterocycles. The van der Waals surface area contributed by atoms with E-state index in [4.69, 9.17) is 19.7 Å². The van der Waals surface area contributed by atoms with Gasteiger partial charge in [-0.2, -0.15) is 5.10 Å². The number of amides is 3. The second-order valence-corrected chi connectivity index (χ2v) is 10.4. The molecule has 0 atom stereocenters. The maximum atomic E-state index is 15.3. The number of aromatic nitrogens is 6. The summed E-state index contributed by atoms with van der Waals surface area (Å²) in [4.78, 5) is 46.4. The average molecular weight is 597 g/mol. The molecule has 0 bridgehead atoms.